The molecule has 0 fully saturated rings. The van der Waals surface area contributed by atoms with Crippen molar-refractivity contribution in [2.45, 2.75) is 32.2 Å². The molecule has 24 heavy (non-hydrogen) atoms. The van der Waals surface area contributed by atoms with Crippen LogP contribution in [-0.2, 0) is 30.6 Å². The fourth-order valence-corrected chi connectivity index (χ4v) is 3.67. The maximum atomic E-state index is 12.5. The topological polar surface area (TPSA) is 32.3 Å². The Bertz CT molecular complexity index is 730. The maximum Gasteiger partial charge on any atom is 0.227 e. The van der Waals surface area contributed by atoms with E-state index in [2.05, 4.69) is 29.6 Å². The molecule has 2 aliphatic rings. The van der Waals surface area contributed by atoms with Crippen molar-refractivity contribution in [2.24, 2.45) is 0 Å². The molecule has 0 unspecified atom stereocenters. The lowest BCUT2D eigenvalue weighted by molar-refractivity contribution is -0.119. The highest BCUT2D eigenvalue weighted by Gasteiger charge is 2.26. The summed E-state index contributed by atoms with van der Waals surface area (Å²) in [5.41, 5.74) is 6.52. The number of hydrogen-bond acceptors (Lipinski definition) is 2. The zero-order valence-corrected chi connectivity index (χ0v) is 14.6. The summed E-state index contributed by atoms with van der Waals surface area (Å²) in [4.78, 5) is 14.5. The number of halogens is 1. The summed E-state index contributed by atoms with van der Waals surface area (Å²) < 4.78 is 0. The Labute approximate surface area is 149 Å². The Morgan fingerprint density at radius 2 is 1.58 bits per heavy atom. The van der Waals surface area contributed by atoms with Crippen LogP contribution in [0.1, 0.15) is 28.7 Å². The molecule has 1 amide bonds. The van der Waals surface area contributed by atoms with Crippen LogP contribution in [0.25, 0.3) is 0 Å². The number of amides is 1. The van der Waals surface area contributed by atoms with E-state index in [0.29, 0.717) is 13.0 Å². The molecule has 1 N–H and O–H groups in total. The number of carbonyl (C=O) groups is 1. The first kappa shape index (κ1) is 17.0. The Kier molecular flexibility index (Phi) is 5.22. The summed E-state index contributed by atoms with van der Waals surface area (Å²) in [6.45, 7) is 2.75. The number of nitrogens with one attached hydrogen (secondary N) is 1. The van der Waals surface area contributed by atoms with Crippen molar-refractivity contribution in [1.29, 1.82) is 0 Å². The quantitative estimate of drug-likeness (QED) is 0.908. The van der Waals surface area contributed by atoms with Crippen molar-refractivity contribution in [1.82, 2.24) is 5.32 Å². The summed E-state index contributed by atoms with van der Waals surface area (Å²) >= 11 is 0. The van der Waals surface area contributed by atoms with E-state index in [0.717, 1.165) is 38.0 Å². The Balaban J connectivity index is 0.00000169. The van der Waals surface area contributed by atoms with E-state index in [1.54, 1.807) is 0 Å². The molecule has 2 aromatic rings. The zero-order valence-electron chi connectivity index (χ0n) is 13.8. The zero-order chi connectivity index (χ0) is 15.6. The van der Waals surface area contributed by atoms with Gasteiger partial charge in [0.1, 0.15) is 0 Å². The molecule has 126 valence electrons. The van der Waals surface area contributed by atoms with Crippen molar-refractivity contribution in [3.8, 4) is 0 Å². The SMILES string of the molecule is Cl.O=C1CCc2cc3c(cc2N1Cc1ccccc1)CCNCC3. The Morgan fingerprint density at radius 1 is 0.875 bits per heavy atom. The summed E-state index contributed by atoms with van der Waals surface area (Å²) in [6, 6.07) is 14.9. The molecule has 3 nitrogen and oxygen atoms in total. The van der Waals surface area contributed by atoms with Gasteiger partial charge in [-0.3, -0.25) is 4.79 Å². The lowest BCUT2D eigenvalue weighted by atomic mass is 9.93. The second-order valence-electron chi connectivity index (χ2n) is 6.47. The van der Waals surface area contributed by atoms with Crippen molar-refractivity contribution in [3.05, 3.63) is 64.7 Å². The standard InChI is InChI=1S/C20H22N2O.ClH/c23-20-7-6-18-12-16-8-10-21-11-9-17(16)13-19(18)22(20)14-15-4-2-1-3-5-15;/h1-5,12-13,21H,6-11,14H2;1H. The van der Waals surface area contributed by atoms with Gasteiger partial charge in [0.25, 0.3) is 0 Å². The molecule has 2 aliphatic heterocycles. The highest BCUT2D eigenvalue weighted by Crippen LogP contribution is 2.33. The number of nitrogens with zero attached hydrogens (tertiary/aromatic N) is 1. The van der Waals surface area contributed by atoms with E-state index in [9.17, 15) is 4.79 Å². The number of anilines is 1. The molecule has 0 saturated carbocycles. The monoisotopic (exact) mass is 342 g/mol. The lowest BCUT2D eigenvalue weighted by Gasteiger charge is -2.31. The highest BCUT2D eigenvalue weighted by atomic mass is 35.5. The van der Waals surface area contributed by atoms with Crippen LogP contribution < -0.4 is 10.2 Å². The minimum absolute atomic E-state index is 0. The second-order valence-corrected chi connectivity index (χ2v) is 6.47. The van der Waals surface area contributed by atoms with Crippen molar-refractivity contribution >= 4 is 24.0 Å². The van der Waals surface area contributed by atoms with E-state index in [1.165, 1.54) is 22.3 Å². The van der Waals surface area contributed by atoms with Crippen LogP contribution in [0.2, 0.25) is 0 Å². The molecular weight excluding hydrogens is 320 g/mol. The Hall–Kier alpha value is -1.84. The predicted octanol–water partition coefficient (Wildman–Crippen LogP) is 3.28. The Morgan fingerprint density at radius 3 is 2.33 bits per heavy atom. The molecule has 2 heterocycles. The number of aryl methyl sites for hydroxylation is 1. The average Bonchev–Trinajstić information content (AvgIpc) is 2.82. The molecule has 0 atom stereocenters. The van der Waals surface area contributed by atoms with Gasteiger partial charge in [-0.05, 0) is 60.7 Å². The summed E-state index contributed by atoms with van der Waals surface area (Å²) in [5.74, 6) is 0.244. The number of rotatable bonds is 2. The third-order valence-electron chi connectivity index (χ3n) is 4.93. The van der Waals surface area contributed by atoms with Gasteiger partial charge in [0.2, 0.25) is 5.91 Å². The van der Waals surface area contributed by atoms with Crippen LogP contribution in [0, 0.1) is 0 Å². The van der Waals surface area contributed by atoms with Gasteiger partial charge in [0, 0.05) is 12.1 Å². The third kappa shape index (κ3) is 3.33. The predicted molar refractivity (Wildman–Crippen MR) is 99.9 cm³/mol. The summed E-state index contributed by atoms with van der Waals surface area (Å²) in [7, 11) is 0. The molecule has 0 spiro atoms. The van der Waals surface area contributed by atoms with E-state index in [4.69, 9.17) is 0 Å². The van der Waals surface area contributed by atoms with Crippen LogP contribution in [0.4, 0.5) is 5.69 Å². The van der Waals surface area contributed by atoms with Crippen molar-refractivity contribution < 1.29 is 4.79 Å². The largest absolute Gasteiger partial charge is 0.316 e. The van der Waals surface area contributed by atoms with Crippen LogP contribution in [-0.4, -0.2) is 19.0 Å². The van der Waals surface area contributed by atoms with Crippen molar-refractivity contribution in [2.75, 3.05) is 18.0 Å². The van der Waals surface area contributed by atoms with Gasteiger partial charge >= 0.3 is 0 Å². The summed E-state index contributed by atoms with van der Waals surface area (Å²) in [5, 5.41) is 3.46. The molecule has 4 rings (SSSR count). The fraction of sp³-hybridized carbons (Fsp3) is 0.350. The van der Waals surface area contributed by atoms with E-state index in [1.807, 2.05) is 23.1 Å². The van der Waals surface area contributed by atoms with Gasteiger partial charge in [0.15, 0.2) is 0 Å². The molecule has 0 bridgehead atoms. The van der Waals surface area contributed by atoms with E-state index in [-0.39, 0.29) is 18.3 Å². The summed E-state index contributed by atoms with van der Waals surface area (Å²) in [6.07, 6.45) is 3.64. The van der Waals surface area contributed by atoms with Gasteiger partial charge in [-0.15, -0.1) is 12.4 Å². The van der Waals surface area contributed by atoms with Gasteiger partial charge in [-0.25, -0.2) is 0 Å². The number of benzene rings is 2. The minimum atomic E-state index is 0. The molecule has 0 aliphatic carbocycles. The van der Waals surface area contributed by atoms with Crippen LogP contribution in [0.3, 0.4) is 0 Å². The van der Waals surface area contributed by atoms with Gasteiger partial charge in [-0.1, -0.05) is 36.4 Å². The molecule has 0 saturated heterocycles. The lowest BCUT2D eigenvalue weighted by Crippen LogP contribution is -2.34. The second kappa shape index (κ2) is 7.37. The smallest absolute Gasteiger partial charge is 0.227 e. The first-order valence-corrected chi connectivity index (χ1v) is 8.51. The minimum Gasteiger partial charge on any atom is -0.316 e. The van der Waals surface area contributed by atoms with Crippen LogP contribution in [0.5, 0.6) is 0 Å². The fourth-order valence-electron chi connectivity index (χ4n) is 3.67. The average molecular weight is 343 g/mol. The number of hydrogen-bond donors (Lipinski definition) is 1. The molecule has 4 heteroatoms. The third-order valence-corrected chi connectivity index (χ3v) is 4.93. The van der Waals surface area contributed by atoms with E-state index < -0.39 is 0 Å². The molecule has 0 aromatic heterocycles. The van der Waals surface area contributed by atoms with Crippen LogP contribution in [0.15, 0.2) is 42.5 Å². The number of fused-ring (bicyclic) bond motifs is 2. The molecule has 2 aromatic carbocycles. The maximum absolute atomic E-state index is 12.5. The van der Waals surface area contributed by atoms with Gasteiger partial charge in [-0.2, -0.15) is 0 Å². The highest BCUT2D eigenvalue weighted by molar-refractivity contribution is 5.96. The first-order valence-electron chi connectivity index (χ1n) is 8.51. The number of carbonyl (C=O) groups excluding carboxylic acids is 1. The van der Waals surface area contributed by atoms with Crippen LogP contribution >= 0.6 is 12.4 Å². The van der Waals surface area contributed by atoms with E-state index >= 15 is 0 Å². The van der Waals surface area contributed by atoms with Crippen molar-refractivity contribution in [3.63, 3.8) is 0 Å². The first-order chi connectivity index (χ1) is 11.3. The van der Waals surface area contributed by atoms with Gasteiger partial charge in [0.05, 0.1) is 6.54 Å². The normalized spacial score (nSPS) is 16.7. The molecule has 0 radical (unpaired) electrons. The van der Waals surface area contributed by atoms with Gasteiger partial charge < -0.3 is 10.2 Å². The molecular formula is C20H23ClN2O.